The Kier molecular flexibility index (Phi) is 17.2. The van der Waals surface area contributed by atoms with Gasteiger partial charge < -0.3 is 31.9 Å². The number of Topliss-reactive ketones (excluding diaryl/α,β-unsaturated/α-hetero) is 1. The first-order valence-electron chi connectivity index (χ1n) is 24.1. The molecule has 0 aromatic heterocycles. The molecule has 0 aliphatic carbocycles. The van der Waals surface area contributed by atoms with Crippen LogP contribution in [0.25, 0.3) is 33.4 Å². The Labute approximate surface area is 469 Å². The van der Waals surface area contributed by atoms with Crippen LogP contribution in [0.2, 0.25) is 0 Å². The van der Waals surface area contributed by atoms with E-state index in [4.69, 9.17) is 0 Å². The van der Waals surface area contributed by atoms with Crippen LogP contribution in [0.4, 0.5) is 34.1 Å². The summed E-state index contributed by atoms with van der Waals surface area (Å²) in [5.74, 6) is -3.56. The van der Waals surface area contributed by atoms with Gasteiger partial charge in [0.1, 0.15) is 14.7 Å². The van der Waals surface area contributed by atoms with Crippen molar-refractivity contribution in [3.63, 3.8) is 0 Å². The van der Waals surface area contributed by atoms with Gasteiger partial charge in [-0.1, -0.05) is 72.8 Å². The van der Waals surface area contributed by atoms with Crippen LogP contribution in [-0.4, -0.2) is 81.3 Å². The molecule has 0 radical (unpaired) electrons. The Bertz CT molecular complexity index is 4250. The molecule has 82 heavy (non-hydrogen) atoms. The zero-order valence-electron chi connectivity index (χ0n) is 42.9. The minimum absolute atomic E-state index is 0.0130. The van der Waals surface area contributed by atoms with Gasteiger partial charge >= 0.3 is 0 Å². The third-order valence-electron chi connectivity index (χ3n) is 12.3. The molecular formula is C58H46N6O15S3. The molecule has 0 unspecified atom stereocenters. The second kappa shape index (κ2) is 24.2. The summed E-state index contributed by atoms with van der Waals surface area (Å²) < 4.78 is 105. The minimum Gasteiger partial charge on any atom is -0.388 e. The number of amides is 5. The third kappa shape index (κ3) is 14.4. The van der Waals surface area contributed by atoms with Crippen molar-refractivity contribution in [3.8, 4) is 33.4 Å². The lowest BCUT2D eigenvalue weighted by atomic mass is 10.0. The van der Waals surface area contributed by atoms with Crippen molar-refractivity contribution in [2.24, 2.45) is 0 Å². The molecule has 416 valence electrons. The minimum atomic E-state index is -4.91. The smallest absolute Gasteiger partial charge is 0.295 e. The van der Waals surface area contributed by atoms with E-state index in [1.807, 2.05) is 0 Å². The van der Waals surface area contributed by atoms with Crippen molar-refractivity contribution in [3.05, 3.63) is 210 Å². The number of ketones is 1. The van der Waals surface area contributed by atoms with Crippen LogP contribution in [0.15, 0.2) is 203 Å². The molecule has 0 bridgehead atoms. The number of benzene rings is 8. The molecule has 8 aromatic rings. The van der Waals surface area contributed by atoms with Gasteiger partial charge in [-0.25, -0.2) is 0 Å². The quantitative estimate of drug-likeness (QED) is 0.0219. The van der Waals surface area contributed by atoms with E-state index in [2.05, 4.69) is 31.9 Å². The monoisotopic (exact) mass is 1160 g/mol. The molecule has 0 spiro atoms. The summed E-state index contributed by atoms with van der Waals surface area (Å²) in [6.45, 7) is 1.41. The van der Waals surface area contributed by atoms with Crippen molar-refractivity contribution in [1.29, 1.82) is 0 Å². The third-order valence-corrected chi connectivity index (χ3v) is 15.0. The lowest BCUT2D eigenvalue weighted by Gasteiger charge is -2.13. The predicted molar refractivity (Wildman–Crippen MR) is 308 cm³/mol. The van der Waals surface area contributed by atoms with Crippen molar-refractivity contribution in [2.45, 2.75) is 21.6 Å². The standard InChI is InChI=1S/C58H46N6O15S3/c1-34(65)35-6-8-39(9-7-35)56(68)62-43-18-12-38(13-19-43)49-26-23-46(32-52(49)81(74,75)76)61-55(67)29-28-54(66)60-42-16-10-36(11-17-42)50-27-24-47(33-53(50)82(77,78)79)64-58(70)41-5-3-4-40(30-41)57(69)63-44-20-14-37(15-21-44)48-25-22-45(59-2)31-51(48)80(71,72)73/h3-33,59H,1-2H3,(H,60,66)(H,61,67)(H,62,68)(H,63,69)(H,64,70)(H,71,72,73)(H,74,75,76)(H,77,78,79)/b29-28+. The van der Waals surface area contributed by atoms with Crippen LogP contribution in [0, 0.1) is 0 Å². The van der Waals surface area contributed by atoms with Gasteiger partial charge in [0.25, 0.3) is 48.1 Å². The summed E-state index contributed by atoms with van der Waals surface area (Å²) in [5.41, 5.74) is 3.46. The Morgan fingerprint density at radius 3 is 1.04 bits per heavy atom. The maximum Gasteiger partial charge on any atom is 0.295 e. The molecule has 8 aromatic carbocycles. The second-order valence-corrected chi connectivity index (χ2v) is 22.1. The van der Waals surface area contributed by atoms with E-state index >= 15 is 0 Å². The van der Waals surface area contributed by atoms with E-state index in [9.17, 15) is 67.7 Å². The molecule has 0 atom stereocenters. The van der Waals surface area contributed by atoms with Crippen molar-refractivity contribution >= 4 is 99.8 Å². The average Bonchev–Trinajstić information content (AvgIpc) is 3.66. The Morgan fingerprint density at radius 2 is 0.659 bits per heavy atom. The largest absolute Gasteiger partial charge is 0.388 e. The number of carbonyl (C=O) groups is 6. The summed E-state index contributed by atoms with van der Waals surface area (Å²) in [6.07, 6.45) is 1.75. The SMILES string of the molecule is CNc1ccc(-c2ccc(NC(=O)c3cccc(C(=O)Nc4ccc(-c5ccc(NC(=O)/C=C/C(=O)Nc6ccc(-c7ccc(NC(=O)c8ccc(C(C)=O)cc8)cc7)c(S(=O)(=O)O)c6)cc5)c(S(=O)(=O)O)c4)c3)cc2)c(S(=O)(=O)O)c1. The number of carbonyl (C=O) groups excluding carboxylic acids is 6. The molecule has 5 amide bonds. The van der Waals surface area contributed by atoms with Crippen LogP contribution in [-0.2, 0) is 39.9 Å². The number of hydrogen-bond donors (Lipinski definition) is 9. The topological polar surface area (TPSA) is 338 Å². The van der Waals surface area contributed by atoms with Crippen molar-refractivity contribution < 1.29 is 67.7 Å². The first-order chi connectivity index (χ1) is 38.8. The molecule has 0 aliphatic heterocycles. The highest BCUT2D eigenvalue weighted by Crippen LogP contribution is 2.34. The van der Waals surface area contributed by atoms with E-state index in [0.717, 1.165) is 24.3 Å². The number of nitrogens with one attached hydrogen (secondary N) is 6. The highest BCUT2D eigenvalue weighted by Gasteiger charge is 2.22. The highest BCUT2D eigenvalue weighted by molar-refractivity contribution is 7.86. The average molecular weight is 1160 g/mol. The number of rotatable bonds is 18. The highest BCUT2D eigenvalue weighted by atomic mass is 32.2. The van der Waals surface area contributed by atoms with Crippen LogP contribution in [0.1, 0.15) is 48.4 Å². The second-order valence-electron chi connectivity index (χ2n) is 17.9. The molecule has 0 saturated carbocycles. The zero-order chi connectivity index (χ0) is 59.1. The first-order valence-corrected chi connectivity index (χ1v) is 28.4. The molecule has 0 saturated heterocycles. The summed E-state index contributed by atoms with van der Waals surface area (Å²) in [4.78, 5) is 75.2. The van der Waals surface area contributed by atoms with Gasteiger partial charge in [-0.15, -0.1) is 0 Å². The van der Waals surface area contributed by atoms with Crippen LogP contribution < -0.4 is 31.9 Å². The van der Waals surface area contributed by atoms with Gasteiger partial charge in [-0.05, 0) is 127 Å². The molecule has 0 aliphatic rings. The first kappa shape index (κ1) is 58.2. The number of hydrogen-bond acceptors (Lipinski definition) is 13. The van der Waals surface area contributed by atoms with Gasteiger partial charge in [0.05, 0.1) is 0 Å². The maximum absolute atomic E-state index is 13.4. The lowest BCUT2D eigenvalue weighted by Crippen LogP contribution is -2.16. The van der Waals surface area contributed by atoms with Crippen LogP contribution >= 0.6 is 0 Å². The summed E-state index contributed by atoms with van der Waals surface area (Å²) in [5, 5.41) is 15.7. The van der Waals surface area contributed by atoms with Crippen molar-refractivity contribution in [1.82, 2.24) is 0 Å². The van der Waals surface area contributed by atoms with Gasteiger partial charge in [-0.3, -0.25) is 42.4 Å². The van der Waals surface area contributed by atoms with Gasteiger partial charge in [0, 0.05) is 92.3 Å². The van der Waals surface area contributed by atoms with E-state index in [-0.39, 0.29) is 61.1 Å². The zero-order valence-corrected chi connectivity index (χ0v) is 45.3. The molecule has 9 N–H and O–H groups in total. The van der Waals surface area contributed by atoms with Crippen LogP contribution in [0.5, 0.6) is 0 Å². The fourth-order valence-electron chi connectivity index (χ4n) is 8.22. The molecule has 24 heteroatoms. The fourth-order valence-corrected chi connectivity index (χ4v) is 10.4. The summed E-state index contributed by atoms with van der Waals surface area (Å²) in [7, 11) is -12.7. The van der Waals surface area contributed by atoms with Crippen LogP contribution in [0.3, 0.4) is 0 Å². The predicted octanol–water partition coefficient (Wildman–Crippen LogP) is 9.56. The Morgan fingerprint density at radius 1 is 0.354 bits per heavy atom. The molecule has 8 rings (SSSR count). The molecule has 0 fully saturated rings. The van der Waals surface area contributed by atoms with Crippen molar-refractivity contribution in [2.75, 3.05) is 38.9 Å². The van der Waals surface area contributed by atoms with E-state index in [0.29, 0.717) is 39.3 Å². The lowest BCUT2D eigenvalue weighted by molar-refractivity contribution is -0.114. The summed E-state index contributed by atoms with van der Waals surface area (Å²) in [6, 6.07) is 41.5. The van der Waals surface area contributed by atoms with Gasteiger partial charge in [0.2, 0.25) is 11.8 Å². The molecule has 0 heterocycles. The Balaban J connectivity index is 0.864. The Hall–Kier alpha value is -9.95. The van der Waals surface area contributed by atoms with Gasteiger partial charge in [0.15, 0.2) is 5.78 Å². The molecular weight excluding hydrogens is 1120 g/mol. The maximum atomic E-state index is 13.4. The van der Waals surface area contributed by atoms with Gasteiger partial charge in [-0.2, -0.15) is 25.3 Å². The molecule has 21 nitrogen and oxygen atoms in total. The fraction of sp³-hybridized carbons (Fsp3) is 0.0345. The van der Waals surface area contributed by atoms with E-state index in [1.54, 1.807) is 25.2 Å². The van der Waals surface area contributed by atoms with E-state index in [1.165, 1.54) is 153 Å². The normalized spacial score (nSPS) is 11.5. The van der Waals surface area contributed by atoms with E-state index < -0.39 is 69.7 Å². The summed E-state index contributed by atoms with van der Waals surface area (Å²) >= 11 is 0. The number of anilines is 6.